The number of amides is 1. The molecular weight excluding hydrogens is 619 g/mol. The number of fused-ring (bicyclic) bond motifs is 1. The zero-order chi connectivity index (χ0) is 27.2. The number of thioether (sulfide) groups is 1. The van der Waals surface area contributed by atoms with E-state index in [2.05, 4.69) is 32.7 Å². The molecule has 2 aromatic rings. The highest BCUT2D eigenvalue weighted by molar-refractivity contribution is 14.1. The summed E-state index contributed by atoms with van der Waals surface area (Å²) in [5.74, 6) is 1.63. The third-order valence-electron chi connectivity index (χ3n) is 5.52. The topological polar surface area (TPSA) is 106 Å². The average Bonchev–Trinajstić information content (AvgIpc) is 3.32. The number of aryl methyl sites for hydroxylation is 1. The van der Waals surface area contributed by atoms with E-state index in [0.717, 1.165) is 14.4 Å². The number of halogens is 1. The molecule has 0 bridgehead atoms. The molecule has 0 unspecified atom stereocenters. The first kappa shape index (κ1) is 28.1. The Kier molecular flexibility index (Phi) is 9.44. The molecule has 9 nitrogen and oxygen atoms in total. The van der Waals surface area contributed by atoms with Crippen LogP contribution < -0.4 is 14.2 Å². The number of hydrazone groups is 1. The Morgan fingerprint density at radius 3 is 2.50 bits per heavy atom. The lowest BCUT2D eigenvalue weighted by molar-refractivity contribution is -0.114. The minimum absolute atomic E-state index is 0.000887. The molecule has 2 aliphatic rings. The van der Waals surface area contributed by atoms with E-state index in [1.54, 1.807) is 19.3 Å². The molecule has 0 atom stereocenters. The van der Waals surface area contributed by atoms with Crippen LogP contribution in [0.4, 0.5) is 0 Å². The summed E-state index contributed by atoms with van der Waals surface area (Å²) in [5, 5.41) is 15.7. The van der Waals surface area contributed by atoms with Gasteiger partial charge >= 0.3 is 0 Å². The number of carbonyl (C=O) groups excluding carboxylic acids is 1. The van der Waals surface area contributed by atoms with Gasteiger partial charge in [0, 0.05) is 5.92 Å². The second-order valence-electron chi connectivity index (χ2n) is 8.77. The van der Waals surface area contributed by atoms with Gasteiger partial charge in [0.1, 0.15) is 24.0 Å². The molecule has 11 heteroatoms. The van der Waals surface area contributed by atoms with Crippen LogP contribution in [0, 0.1) is 21.8 Å². The number of aliphatic imine (C=N–C) groups is 1. The smallest absolute Gasteiger partial charge is 0.283 e. The van der Waals surface area contributed by atoms with Gasteiger partial charge in [-0.2, -0.15) is 15.1 Å². The van der Waals surface area contributed by atoms with Gasteiger partial charge in [-0.15, -0.1) is 0 Å². The standard InChI is InChI=1S/C27H29IN4O5S/c1-16(2)26-31-32-24(29)20(25(33)30-27(32)38-26)13-18-14-21(28)23(22(15-18)34-4)37-12-10-35-9-11-36-19-7-5-17(3)6-8-19/h5-8,13-16,29H,9-12H2,1-4H3/b20-13-,29-24?. The maximum absolute atomic E-state index is 12.7. The van der Waals surface area contributed by atoms with Crippen molar-refractivity contribution in [3.8, 4) is 17.2 Å². The summed E-state index contributed by atoms with van der Waals surface area (Å²) in [6.07, 6.45) is 1.63. The summed E-state index contributed by atoms with van der Waals surface area (Å²) in [7, 11) is 1.56. The molecule has 4 rings (SSSR count). The van der Waals surface area contributed by atoms with Crippen LogP contribution >= 0.6 is 34.4 Å². The van der Waals surface area contributed by atoms with E-state index in [-0.39, 0.29) is 17.3 Å². The second kappa shape index (κ2) is 12.8. The molecule has 0 radical (unpaired) electrons. The Balaban J connectivity index is 1.35. The first-order valence-electron chi connectivity index (χ1n) is 12.0. The number of nitrogens with one attached hydrogen (secondary N) is 1. The lowest BCUT2D eigenvalue weighted by atomic mass is 10.1. The Labute approximate surface area is 239 Å². The zero-order valence-electron chi connectivity index (χ0n) is 21.6. The highest BCUT2D eigenvalue weighted by atomic mass is 127. The fourth-order valence-corrected chi connectivity index (χ4v) is 5.20. The van der Waals surface area contributed by atoms with Crippen LogP contribution in [0.1, 0.15) is 25.0 Å². The van der Waals surface area contributed by atoms with Crippen molar-refractivity contribution in [2.75, 3.05) is 33.5 Å². The summed E-state index contributed by atoms with van der Waals surface area (Å²) in [5.41, 5.74) is 2.04. The van der Waals surface area contributed by atoms with Crippen molar-refractivity contribution in [3.63, 3.8) is 0 Å². The molecule has 0 spiro atoms. The van der Waals surface area contributed by atoms with Crippen molar-refractivity contribution in [2.45, 2.75) is 20.8 Å². The Hall–Kier alpha value is -2.90. The van der Waals surface area contributed by atoms with Crippen LogP contribution in [0.5, 0.6) is 17.2 Å². The molecule has 200 valence electrons. The number of carbonyl (C=O) groups is 1. The Morgan fingerprint density at radius 1 is 1.11 bits per heavy atom. The van der Waals surface area contributed by atoms with Gasteiger partial charge < -0.3 is 18.9 Å². The van der Waals surface area contributed by atoms with E-state index < -0.39 is 5.91 Å². The number of methoxy groups -OCH3 is 1. The molecule has 0 saturated heterocycles. The summed E-state index contributed by atoms with van der Waals surface area (Å²) in [6.45, 7) is 7.68. The molecule has 0 aromatic heterocycles. The van der Waals surface area contributed by atoms with Gasteiger partial charge in [0.25, 0.3) is 5.91 Å². The van der Waals surface area contributed by atoms with Crippen LogP contribution in [0.3, 0.4) is 0 Å². The maximum atomic E-state index is 12.7. The van der Waals surface area contributed by atoms with Crippen molar-refractivity contribution < 1.29 is 23.7 Å². The molecule has 2 aliphatic heterocycles. The molecule has 1 amide bonds. The number of ether oxygens (including phenoxy) is 4. The number of hydrogen-bond donors (Lipinski definition) is 1. The summed E-state index contributed by atoms with van der Waals surface area (Å²) >= 11 is 3.48. The lowest BCUT2D eigenvalue weighted by Gasteiger charge is -2.20. The van der Waals surface area contributed by atoms with E-state index >= 15 is 0 Å². The number of nitrogens with zero attached hydrogens (tertiary/aromatic N) is 3. The van der Waals surface area contributed by atoms with Gasteiger partial charge in [-0.3, -0.25) is 10.2 Å². The molecule has 2 heterocycles. The molecule has 0 aliphatic carbocycles. The van der Waals surface area contributed by atoms with E-state index in [1.165, 1.54) is 22.3 Å². The van der Waals surface area contributed by atoms with Crippen LogP contribution in [-0.4, -0.2) is 60.5 Å². The molecule has 0 saturated carbocycles. The predicted molar refractivity (Wildman–Crippen MR) is 159 cm³/mol. The third-order valence-corrected chi connectivity index (χ3v) is 7.53. The highest BCUT2D eigenvalue weighted by Crippen LogP contribution is 2.36. The second-order valence-corrected chi connectivity index (χ2v) is 10.9. The maximum Gasteiger partial charge on any atom is 0.283 e. The first-order valence-corrected chi connectivity index (χ1v) is 13.9. The first-order chi connectivity index (χ1) is 18.3. The number of amidine groups is 2. The molecule has 38 heavy (non-hydrogen) atoms. The Bertz CT molecular complexity index is 1310. The molecular formula is C27H29IN4O5S. The van der Waals surface area contributed by atoms with Gasteiger partial charge in [0.2, 0.25) is 5.17 Å². The van der Waals surface area contributed by atoms with Crippen LogP contribution in [0.15, 0.2) is 52.1 Å². The van der Waals surface area contributed by atoms with Gasteiger partial charge in [-0.05, 0) is 77.2 Å². The van der Waals surface area contributed by atoms with E-state index in [1.807, 2.05) is 51.1 Å². The largest absolute Gasteiger partial charge is 0.493 e. The van der Waals surface area contributed by atoms with Gasteiger partial charge in [0.05, 0.1) is 29.5 Å². The van der Waals surface area contributed by atoms with Crippen molar-refractivity contribution in [1.82, 2.24) is 5.01 Å². The van der Waals surface area contributed by atoms with E-state index in [0.29, 0.717) is 48.7 Å². The molecule has 2 aromatic carbocycles. The highest BCUT2D eigenvalue weighted by Gasteiger charge is 2.36. The predicted octanol–water partition coefficient (Wildman–Crippen LogP) is 5.36. The van der Waals surface area contributed by atoms with Crippen molar-refractivity contribution in [3.05, 3.63) is 56.7 Å². The van der Waals surface area contributed by atoms with Crippen LogP contribution in [0.2, 0.25) is 0 Å². The van der Waals surface area contributed by atoms with Gasteiger partial charge in [0.15, 0.2) is 17.3 Å². The third kappa shape index (κ3) is 6.75. The fraction of sp³-hybridized carbons (Fsp3) is 0.333. The monoisotopic (exact) mass is 648 g/mol. The van der Waals surface area contributed by atoms with Crippen molar-refractivity contribution >= 4 is 62.4 Å². The SMILES string of the molecule is COc1cc(/C=C2/C(=N)N3N=C(C(C)C)SC3=NC2=O)cc(I)c1OCCOCCOc1ccc(C)cc1. The zero-order valence-corrected chi connectivity index (χ0v) is 24.6. The quantitative estimate of drug-likeness (QED) is 0.199. The summed E-state index contributed by atoms with van der Waals surface area (Å²) in [4.78, 5) is 16.9. The summed E-state index contributed by atoms with van der Waals surface area (Å²) < 4.78 is 23.6. The minimum atomic E-state index is -0.466. The lowest BCUT2D eigenvalue weighted by Crippen LogP contribution is -2.35. The van der Waals surface area contributed by atoms with E-state index in [4.69, 9.17) is 24.4 Å². The molecule has 0 fully saturated rings. The average molecular weight is 649 g/mol. The van der Waals surface area contributed by atoms with Gasteiger partial charge in [-0.25, -0.2) is 0 Å². The summed E-state index contributed by atoms with van der Waals surface area (Å²) in [6, 6.07) is 11.5. The minimum Gasteiger partial charge on any atom is -0.493 e. The molecule has 1 N–H and O–H groups in total. The van der Waals surface area contributed by atoms with Crippen LogP contribution in [-0.2, 0) is 9.53 Å². The number of benzene rings is 2. The van der Waals surface area contributed by atoms with Crippen molar-refractivity contribution in [2.24, 2.45) is 16.0 Å². The van der Waals surface area contributed by atoms with Gasteiger partial charge in [-0.1, -0.05) is 31.5 Å². The van der Waals surface area contributed by atoms with Crippen molar-refractivity contribution in [1.29, 1.82) is 5.41 Å². The van der Waals surface area contributed by atoms with Crippen LogP contribution in [0.25, 0.3) is 6.08 Å². The normalized spacial score (nSPS) is 16.1. The fourth-order valence-electron chi connectivity index (χ4n) is 3.53. The van der Waals surface area contributed by atoms with E-state index in [9.17, 15) is 4.79 Å². The number of hydrogen-bond acceptors (Lipinski definition) is 8. The number of rotatable bonds is 11. The Morgan fingerprint density at radius 2 is 1.82 bits per heavy atom.